The first-order valence-corrected chi connectivity index (χ1v) is 7.75. The van der Waals surface area contributed by atoms with E-state index < -0.39 is 6.10 Å². The predicted octanol–water partition coefficient (Wildman–Crippen LogP) is 2.72. The number of carbonyl (C=O) groups is 1. The minimum absolute atomic E-state index is 0.126. The van der Waals surface area contributed by atoms with Gasteiger partial charge in [-0.05, 0) is 29.7 Å². The fraction of sp³-hybridized carbons (Fsp3) is 0.278. The maximum Gasteiger partial charge on any atom is 0.224 e. The van der Waals surface area contributed by atoms with E-state index in [1.807, 2.05) is 18.3 Å². The van der Waals surface area contributed by atoms with Gasteiger partial charge in [-0.15, -0.1) is 0 Å². The minimum atomic E-state index is -0.830. The van der Waals surface area contributed by atoms with Crippen molar-refractivity contribution in [1.29, 1.82) is 0 Å². The van der Waals surface area contributed by atoms with Crippen LogP contribution in [-0.2, 0) is 17.6 Å². The number of benzene rings is 1. The van der Waals surface area contributed by atoms with E-state index in [1.54, 1.807) is 12.1 Å². The quantitative estimate of drug-likeness (QED) is 0.655. The molecule has 0 spiro atoms. The van der Waals surface area contributed by atoms with Crippen molar-refractivity contribution in [2.75, 3.05) is 6.54 Å². The SMILES string of the molecule is CCc1cccc2c(CC(=O)NCC(O)c3ccco3)c[nH]c12. The summed E-state index contributed by atoms with van der Waals surface area (Å²) in [6, 6.07) is 9.51. The molecule has 3 rings (SSSR count). The van der Waals surface area contributed by atoms with Crippen LogP contribution in [0.25, 0.3) is 10.9 Å². The van der Waals surface area contributed by atoms with Crippen LogP contribution in [0.4, 0.5) is 0 Å². The Labute approximate surface area is 134 Å². The third kappa shape index (κ3) is 3.29. The Morgan fingerprint density at radius 2 is 2.17 bits per heavy atom. The van der Waals surface area contributed by atoms with Gasteiger partial charge in [-0.1, -0.05) is 25.1 Å². The maximum absolute atomic E-state index is 12.1. The average Bonchev–Trinajstić information content (AvgIpc) is 3.22. The van der Waals surface area contributed by atoms with E-state index in [9.17, 15) is 9.90 Å². The first-order chi connectivity index (χ1) is 11.2. The number of furan rings is 1. The van der Waals surface area contributed by atoms with Crippen molar-refractivity contribution in [3.8, 4) is 0 Å². The van der Waals surface area contributed by atoms with E-state index in [-0.39, 0.29) is 18.9 Å². The zero-order valence-corrected chi connectivity index (χ0v) is 13.0. The molecule has 0 aliphatic carbocycles. The zero-order valence-electron chi connectivity index (χ0n) is 13.0. The number of fused-ring (bicyclic) bond motifs is 1. The summed E-state index contributed by atoms with van der Waals surface area (Å²) in [6.07, 6.45) is 3.77. The number of carbonyl (C=O) groups excluding carboxylic acids is 1. The van der Waals surface area contributed by atoms with Gasteiger partial charge in [0.25, 0.3) is 0 Å². The van der Waals surface area contributed by atoms with Crippen molar-refractivity contribution in [2.45, 2.75) is 25.9 Å². The summed E-state index contributed by atoms with van der Waals surface area (Å²) in [5, 5.41) is 13.7. The highest BCUT2D eigenvalue weighted by Gasteiger charge is 2.14. The summed E-state index contributed by atoms with van der Waals surface area (Å²) in [7, 11) is 0. The topological polar surface area (TPSA) is 78.3 Å². The summed E-state index contributed by atoms with van der Waals surface area (Å²) in [5.41, 5.74) is 3.29. The predicted molar refractivity (Wildman–Crippen MR) is 88.1 cm³/mol. The molecule has 120 valence electrons. The van der Waals surface area contributed by atoms with Crippen molar-refractivity contribution in [3.63, 3.8) is 0 Å². The molecule has 1 aromatic carbocycles. The van der Waals surface area contributed by atoms with Crippen molar-refractivity contribution >= 4 is 16.8 Å². The summed E-state index contributed by atoms with van der Waals surface area (Å²) in [4.78, 5) is 15.4. The molecule has 3 aromatic rings. The van der Waals surface area contributed by atoms with E-state index in [1.165, 1.54) is 11.8 Å². The fourth-order valence-electron chi connectivity index (χ4n) is 2.74. The van der Waals surface area contributed by atoms with Gasteiger partial charge in [0.2, 0.25) is 5.91 Å². The molecule has 3 N–H and O–H groups in total. The van der Waals surface area contributed by atoms with E-state index in [0.717, 1.165) is 22.9 Å². The lowest BCUT2D eigenvalue weighted by Gasteiger charge is -2.09. The van der Waals surface area contributed by atoms with E-state index >= 15 is 0 Å². The van der Waals surface area contributed by atoms with Gasteiger partial charge in [-0.3, -0.25) is 4.79 Å². The summed E-state index contributed by atoms with van der Waals surface area (Å²) >= 11 is 0. The van der Waals surface area contributed by atoms with Gasteiger partial charge < -0.3 is 19.8 Å². The number of nitrogens with one attached hydrogen (secondary N) is 2. The van der Waals surface area contributed by atoms with Gasteiger partial charge >= 0.3 is 0 Å². The van der Waals surface area contributed by atoms with Gasteiger partial charge in [-0.2, -0.15) is 0 Å². The van der Waals surface area contributed by atoms with Gasteiger partial charge in [0.05, 0.1) is 19.2 Å². The molecule has 1 amide bonds. The molecule has 23 heavy (non-hydrogen) atoms. The number of aliphatic hydroxyl groups excluding tert-OH is 1. The highest BCUT2D eigenvalue weighted by Crippen LogP contribution is 2.22. The lowest BCUT2D eigenvalue weighted by molar-refractivity contribution is -0.120. The zero-order chi connectivity index (χ0) is 16.2. The number of para-hydroxylation sites is 1. The Hall–Kier alpha value is -2.53. The number of amides is 1. The van der Waals surface area contributed by atoms with Crippen LogP contribution < -0.4 is 5.32 Å². The second-order valence-electron chi connectivity index (χ2n) is 5.52. The average molecular weight is 312 g/mol. The van der Waals surface area contributed by atoms with Crippen LogP contribution in [0, 0.1) is 0 Å². The number of aliphatic hydroxyl groups is 1. The van der Waals surface area contributed by atoms with Crippen LogP contribution in [-0.4, -0.2) is 22.5 Å². The molecule has 2 aromatic heterocycles. The van der Waals surface area contributed by atoms with E-state index in [4.69, 9.17) is 4.42 Å². The highest BCUT2D eigenvalue weighted by atomic mass is 16.4. The van der Waals surface area contributed by atoms with Gasteiger partial charge in [0.1, 0.15) is 11.9 Å². The minimum Gasteiger partial charge on any atom is -0.467 e. The molecule has 0 aliphatic rings. The Balaban J connectivity index is 1.64. The number of aryl methyl sites for hydroxylation is 1. The molecule has 1 atom stereocenters. The molecule has 0 aliphatic heterocycles. The molecule has 0 bridgehead atoms. The van der Waals surface area contributed by atoms with Crippen LogP contribution in [0.3, 0.4) is 0 Å². The Bertz CT molecular complexity index is 790. The first kappa shape index (κ1) is 15.4. The van der Waals surface area contributed by atoms with Crippen molar-refractivity contribution in [2.24, 2.45) is 0 Å². The van der Waals surface area contributed by atoms with Crippen molar-refractivity contribution < 1.29 is 14.3 Å². The second-order valence-corrected chi connectivity index (χ2v) is 5.52. The molecule has 0 saturated heterocycles. The second kappa shape index (κ2) is 6.71. The summed E-state index contributed by atoms with van der Waals surface area (Å²) < 4.78 is 5.11. The largest absolute Gasteiger partial charge is 0.467 e. The first-order valence-electron chi connectivity index (χ1n) is 7.75. The Morgan fingerprint density at radius 1 is 1.30 bits per heavy atom. The number of hydrogen-bond acceptors (Lipinski definition) is 3. The lowest BCUT2D eigenvalue weighted by atomic mass is 10.1. The lowest BCUT2D eigenvalue weighted by Crippen LogP contribution is -2.29. The van der Waals surface area contributed by atoms with Crippen LogP contribution in [0.15, 0.2) is 47.2 Å². The van der Waals surface area contributed by atoms with E-state index in [0.29, 0.717) is 5.76 Å². The summed E-state index contributed by atoms with van der Waals surface area (Å²) in [6.45, 7) is 2.24. The van der Waals surface area contributed by atoms with E-state index in [2.05, 4.69) is 23.3 Å². The number of aromatic amines is 1. The van der Waals surface area contributed by atoms with Gasteiger partial charge in [0.15, 0.2) is 0 Å². The molecule has 0 saturated carbocycles. The molecule has 2 heterocycles. The van der Waals surface area contributed by atoms with Gasteiger partial charge in [0, 0.05) is 17.1 Å². The molecule has 5 heteroatoms. The number of H-pyrrole nitrogens is 1. The monoisotopic (exact) mass is 312 g/mol. The molecule has 0 fully saturated rings. The van der Waals surface area contributed by atoms with Crippen LogP contribution in [0.5, 0.6) is 0 Å². The van der Waals surface area contributed by atoms with Crippen LogP contribution >= 0.6 is 0 Å². The normalized spacial score (nSPS) is 12.4. The van der Waals surface area contributed by atoms with Crippen molar-refractivity contribution in [1.82, 2.24) is 10.3 Å². The highest BCUT2D eigenvalue weighted by molar-refractivity contribution is 5.90. The third-order valence-corrected chi connectivity index (χ3v) is 3.98. The standard InChI is InChI=1S/C18H20N2O3/c1-2-12-5-3-6-14-13(10-20-18(12)14)9-17(22)19-11-15(21)16-7-4-8-23-16/h3-8,10,15,20-21H,2,9,11H2,1H3,(H,19,22). The number of aromatic nitrogens is 1. The van der Waals surface area contributed by atoms with Crippen molar-refractivity contribution in [3.05, 3.63) is 59.7 Å². The molecular weight excluding hydrogens is 292 g/mol. The number of rotatable bonds is 6. The molecular formula is C18H20N2O3. The maximum atomic E-state index is 12.1. The third-order valence-electron chi connectivity index (χ3n) is 3.98. The fourth-order valence-corrected chi connectivity index (χ4v) is 2.74. The number of hydrogen-bond donors (Lipinski definition) is 3. The van der Waals surface area contributed by atoms with Gasteiger partial charge in [-0.25, -0.2) is 0 Å². The molecule has 5 nitrogen and oxygen atoms in total. The Kier molecular flexibility index (Phi) is 4.48. The van der Waals surface area contributed by atoms with Crippen LogP contribution in [0.1, 0.15) is 29.9 Å². The molecule has 0 radical (unpaired) electrons. The Morgan fingerprint density at radius 3 is 2.91 bits per heavy atom. The smallest absolute Gasteiger partial charge is 0.224 e. The molecule has 1 unspecified atom stereocenters. The summed E-state index contributed by atoms with van der Waals surface area (Å²) in [5.74, 6) is 0.323. The van der Waals surface area contributed by atoms with Crippen LogP contribution in [0.2, 0.25) is 0 Å².